The molecular formula is C11H16N4O2. The van der Waals surface area contributed by atoms with Gasteiger partial charge in [-0.1, -0.05) is 19.3 Å². The molecule has 1 aromatic rings. The maximum Gasteiger partial charge on any atom is 0.329 e. The SMILES string of the molecule is C#CC(CCC)Nc1c(N)n(C)c(=O)[nH]c1=O. The summed E-state index contributed by atoms with van der Waals surface area (Å²) in [5, 5.41) is 2.87. The second-order valence-corrected chi connectivity index (χ2v) is 3.73. The highest BCUT2D eigenvalue weighted by Gasteiger charge is 2.12. The molecule has 0 amide bonds. The van der Waals surface area contributed by atoms with Crippen LogP contribution < -0.4 is 22.3 Å². The molecule has 1 atom stereocenters. The van der Waals surface area contributed by atoms with Crippen LogP contribution in [0.15, 0.2) is 9.59 Å². The Bertz CT molecular complexity index is 550. The van der Waals surface area contributed by atoms with Gasteiger partial charge in [0.1, 0.15) is 11.5 Å². The molecule has 0 aliphatic carbocycles. The van der Waals surface area contributed by atoms with E-state index in [-0.39, 0.29) is 17.5 Å². The Morgan fingerprint density at radius 3 is 2.76 bits per heavy atom. The second kappa shape index (κ2) is 5.25. The fourth-order valence-corrected chi connectivity index (χ4v) is 1.44. The van der Waals surface area contributed by atoms with E-state index < -0.39 is 11.2 Å². The van der Waals surface area contributed by atoms with E-state index in [9.17, 15) is 9.59 Å². The molecule has 1 aromatic heterocycles. The van der Waals surface area contributed by atoms with E-state index >= 15 is 0 Å². The molecule has 6 nitrogen and oxygen atoms in total. The Labute approximate surface area is 98.8 Å². The molecule has 0 aromatic carbocycles. The Morgan fingerprint density at radius 2 is 2.24 bits per heavy atom. The van der Waals surface area contributed by atoms with E-state index in [2.05, 4.69) is 16.2 Å². The summed E-state index contributed by atoms with van der Waals surface area (Å²) < 4.78 is 1.16. The molecule has 92 valence electrons. The normalized spacial score (nSPS) is 11.8. The molecule has 1 unspecified atom stereocenters. The van der Waals surface area contributed by atoms with Crippen molar-refractivity contribution >= 4 is 11.5 Å². The molecule has 1 rings (SSSR count). The number of hydrogen-bond donors (Lipinski definition) is 3. The van der Waals surface area contributed by atoms with Crippen LogP contribution in [0.2, 0.25) is 0 Å². The molecule has 0 radical (unpaired) electrons. The molecule has 1 heterocycles. The Balaban J connectivity index is 3.16. The number of hydrogen-bond acceptors (Lipinski definition) is 4. The van der Waals surface area contributed by atoms with E-state index in [1.807, 2.05) is 6.92 Å². The largest absolute Gasteiger partial charge is 0.383 e. The zero-order valence-corrected chi connectivity index (χ0v) is 9.91. The van der Waals surface area contributed by atoms with Crippen LogP contribution in [-0.2, 0) is 7.05 Å². The number of nitrogen functional groups attached to an aromatic ring is 1. The van der Waals surface area contributed by atoms with Gasteiger partial charge in [0.2, 0.25) is 0 Å². The Hall–Kier alpha value is -2.16. The van der Waals surface area contributed by atoms with Crippen LogP contribution in [0, 0.1) is 12.3 Å². The van der Waals surface area contributed by atoms with Gasteiger partial charge in [-0.2, -0.15) is 0 Å². The molecule has 0 saturated heterocycles. The first-order valence-electron chi connectivity index (χ1n) is 5.32. The minimum absolute atomic E-state index is 0.0788. The van der Waals surface area contributed by atoms with Gasteiger partial charge in [-0.25, -0.2) is 4.79 Å². The highest BCUT2D eigenvalue weighted by atomic mass is 16.2. The van der Waals surface area contributed by atoms with Gasteiger partial charge in [0.25, 0.3) is 5.56 Å². The summed E-state index contributed by atoms with van der Waals surface area (Å²) in [6.45, 7) is 1.99. The van der Waals surface area contributed by atoms with Crippen LogP contribution in [-0.4, -0.2) is 15.6 Å². The third-order valence-corrected chi connectivity index (χ3v) is 2.47. The lowest BCUT2D eigenvalue weighted by atomic mass is 10.2. The maximum absolute atomic E-state index is 11.6. The van der Waals surface area contributed by atoms with Crippen molar-refractivity contribution in [1.82, 2.24) is 9.55 Å². The number of nitrogens with two attached hydrogens (primary N) is 1. The first-order chi connectivity index (χ1) is 8.01. The van der Waals surface area contributed by atoms with Crippen molar-refractivity contribution in [3.05, 3.63) is 20.8 Å². The third kappa shape index (κ3) is 2.69. The van der Waals surface area contributed by atoms with Gasteiger partial charge >= 0.3 is 5.69 Å². The number of nitrogens with zero attached hydrogens (tertiary/aromatic N) is 1. The second-order valence-electron chi connectivity index (χ2n) is 3.73. The third-order valence-electron chi connectivity index (χ3n) is 2.47. The number of aromatic amines is 1. The first-order valence-corrected chi connectivity index (χ1v) is 5.32. The van der Waals surface area contributed by atoms with Crippen LogP contribution in [0.3, 0.4) is 0 Å². The van der Waals surface area contributed by atoms with Crippen molar-refractivity contribution < 1.29 is 0 Å². The average molecular weight is 236 g/mol. The first kappa shape index (κ1) is 12.9. The van der Waals surface area contributed by atoms with Crippen LogP contribution in [0.1, 0.15) is 19.8 Å². The standard InChI is InChI=1S/C11H16N4O2/c1-4-6-7(5-2)13-8-9(12)15(3)11(17)14-10(8)16/h2,7,13H,4,6,12H2,1,3H3,(H,14,16,17). The number of aromatic nitrogens is 2. The molecule has 0 saturated carbocycles. The lowest BCUT2D eigenvalue weighted by molar-refractivity contribution is 0.747. The van der Waals surface area contributed by atoms with Gasteiger partial charge in [-0.3, -0.25) is 14.3 Å². The summed E-state index contributed by atoms with van der Waals surface area (Å²) in [5.41, 5.74) is 4.73. The molecule has 0 spiro atoms. The van der Waals surface area contributed by atoms with Crippen molar-refractivity contribution in [2.24, 2.45) is 7.05 Å². The van der Waals surface area contributed by atoms with E-state index in [4.69, 9.17) is 12.2 Å². The van der Waals surface area contributed by atoms with Crippen molar-refractivity contribution in [2.75, 3.05) is 11.1 Å². The van der Waals surface area contributed by atoms with E-state index in [0.29, 0.717) is 0 Å². The van der Waals surface area contributed by atoms with Crippen molar-refractivity contribution in [2.45, 2.75) is 25.8 Å². The fraction of sp³-hybridized carbons (Fsp3) is 0.455. The van der Waals surface area contributed by atoms with Crippen LogP contribution >= 0.6 is 0 Å². The topological polar surface area (TPSA) is 92.9 Å². The number of H-pyrrole nitrogens is 1. The van der Waals surface area contributed by atoms with Crippen molar-refractivity contribution in [3.63, 3.8) is 0 Å². The zero-order chi connectivity index (χ0) is 13.0. The average Bonchev–Trinajstić information content (AvgIpc) is 2.30. The minimum Gasteiger partial charge on any atom is -0.383 e. The minimum atomic E-state index is -0.554. The van der Waals surface area contributed by atoms with E-state index in [0.717, 1.165) is 17.4 Å². The van der Waals surface area contributed by atoms with Crippen molar-refractivity contribution in [1.29, 1.82) is 0 Å². The monoisotopic (exact) mass is 236 g/mol. The summed E-state index contributed by atoms with van der Waals surface area (Å²) in [6.07, 6.45) is 6.94. The van der Waals surface area contributed by atoms with Gasteiger partial charge in [-0.15, -0.1) is 6.42 Å². The number of terminal acetylenes is 1. The molecule has 4 N–H and O–H groups in total. The van der Waals surface area contributed by atoms with Gasteiger partial charge < -0.3 is 11.1 Å². The predicted molar refractivity (Wildman–Crippen MR) is 67.9 cm³/mol. The molecule has 6 heteroatoms. The summed E-state index contributed by atoms with van der Waals surface area (Å²) in [4.78, 5) is 25.0. The molecular weight excluding hydrogens is 220 g/mol. The number of nitrogens with one attached hydrogen (secondary N) is 2. The molecule has 0 aliphatic heterocycles. The van der Waals surface area contributed by atoms with Gasteiger partial charge in [0.15, 0.2) is 0 Å². The predicted octanol–water partition coefficient (Wildman–Crippen LogP) is -0.130. The highest BCUT2D eigenvalue weighted by Crippen LogP contribution is 2.11. The van der Waals surface area contributed by atoms with Crippen molar-refractivity contribution in [3.8, 4) is 12.3 Å². The summed E-state index contributed by atoms with van der Waals surface area (Å²) in [7, 11) is 1.48. The van der Waals surface area contributed by atoms with E-state index in [1.54, 1.807) is 0 Å². The zero-order valence-electron chi connectivity index (χ0n) is 9.91. The Morgan fingerprint density at radius 1 is 1.59 bits per heavy atom. The quantitative estimate of drug-likeness (QED) is 0.635. The fourth-order valence-electron chi connectivity index (χ4n) is 1.44. The summed E-state index contributed by atoms with van der Waals surface area (Å²) in [6, 6.07) is -0.277. The number of anilines is 2. The highest BCUT2D eigenvalue weighted by molar-refractivity contribution is 5.61. The van der Waals surface area contributed by atoms with Crippen LogP contribution in [0.25, 0.3) is 0 Å². The van der Waals surface area contributed by atoms with Gasteiger partial charge in [0.05, 0.1) is 6.04 Å². The molecule has 0 bridgehead atoms. The smallest absolute Gasteiger partial charge is 0.329 e. The van der Waals surface area contributed by atoms with Crippen LogP contribution in [0.4, 0.5) is 11.5 Å². The lowest BCUT2D eigenvalue weighted by Gasteiger charge is -2.15. The summed E-state index contributed by atoms with van der Waals surface area (Å²) >= 11 is 0. The maximum atomic E-state index is 11.6. The molecule has 0 fully saturated rings. The molecule has 17 heavy (non-hydrogen) atoms. The van der Waals surface area contributed by atoms with E-state index in [1.165, 1.54) is 7.05 Å². The molecule has 0 aliphatic rings. The van der Waals surface area contributed by atoms with Gasteiger partial charge in [-0.05, 0) is 6.42 Å². The number of rotatable bonds is 4. The van der Waals surface area contributed by atoms with Crippen LogP contribution in [0.5, 0.6) is 0 Å². The Kier molecular flexibility index (Phi) is 3.99. The summed E-state index contributed by atoms with van der Waals surface area (Å²) in [5.74, 6) is 2.61. The lowest BCUT2D eigenvalue weighted by Crippen LogP contribution is -2.34. The van der Waals surface area contributed by atoms with Gasteiger partial charge in [0, 0.05) is 7.05 Å².